The van der Waals surface area contributed by atoms with Gasteiger partial charge in [-0.1, -0.05) is 32.0 Å². The first kappa shape index (κ1) is 19.9. The maximum Gasteiger partial charge on any atom is 0.290 e. The van der Waals surface area contributed by atoms with Gasteiger partial charge in [-0.3, -0.25) is 14.9 Å². The van der Waals surface area contributed by atoms with Crippen LogP contribution in [0.3, 0.4) is 0 Å². The molecule has 28 heavy (non-hydrogen) atoms. The fourth-order valence-corrected chi connectivity index (χ4v) is 3.12. The van der Waals surface area contributed by atoms with Crippen LogP contribution in [0.1, 0.15) is 25.1 Å². The summed E-state index contributed by atoms with van der Waals surface area (Å²) in [5.74, 6) is 1.46. The van der Waals surface area contributed by atoms with Crippen LogP contribution in [0.15, 0.2) is 47.4 Å². The average molecular weight is 398 g/mol. The number of amides is 2. The Balaban J connectivity index is 1.50. The van der Waals surface area contributed by atoms with Gasteiger partial charge in [0.05, 0.1) is 18.1 Å². The first-order valence-corrected chi connectivity index (χ1v) is 9.88. The highest BCUT2D eigenvalue weighted by Crippen LogP contribution is 2.26. The van der Waals surface area contributed by atoms with Gasteiger partial charge in [-0.05, 0) is 47.5 Å². The quantitative estimate of drug-likeness (QED) is 0.676. The fraction of sp³-hybridized carbons (Fsp3) is 0.286. The van der Waals surface area contributed by atoms with Crippen LogP contribution < -0.4 is 14.8 Å². The lowest BCUT2D eigenvalue weighted by molar-refractivity contribution is -0.115. The van der Waals surface area contributed by atoms with Gasteiger partial charge in [-0.2, -0.15) is 0 Å². The molecule has 0 bridgehead atoms. The lowest BCUT2D eigenvalue weighted by atomic mass is 10.2. The zero-order valence-electron chi connectivity index (χ0n) is 15.8. The first-order chi connectivity index (χ1) is 13.5. The van der Waals surface area contributed by atoms with Crippen LogP contribution in [-0.2, 0) is 11.2 Å². The lowest BCUT2D eigenvalue weighted by Crippen LogP contribution is -2.17. The van der Waals surface area contributed by atoms with Crippen molar-refractivity contribution in [1.82, 2.24) is 10.3 Å². The van der Waals surface area contributed by atoms with E-state index in [9.17, 15) is 9.59 Å². The second kappa shape index (κ2) is 9.41. The van der Waals surface area contributed by atoms with Gasteiger partial charge in [-0.15, -0.1) is 0 Å². The molecule has 0 aliphatic carbocycles. The predicted molar refractivity (Wildman–Crippen MR) is 109 cm³/mol. The summed E-state index contributed by atoms with van der Waals surface area (Å²) >= 11 is 0.903. The maximum absolute atomic E-state index is 11.6. The third-order valence-electron chi connectivity index (χ3n) is 3.79. The molecule has 0 saturated carbocycles. The number of imide groups is 1. The number of aromatic nitrogens is 1. The van der Waals surface area contributed by atoms with Gasteiger partial charge in [0, 0.05) is 18.2 Å². The topological polar surface area (TPSA) is 77.5 Å². The summed E-state index contributed by atoms with van der Waals surface area (Å²) in [6.45, 7) is 5.33. The molecular weight excluding hydrogens is 376 g/mol. The number of thioether (sulfide) groups is 1. The van der Waals surface area contributed by atoms with E-state index in [1.807, 2.05) is 42.5 Å². The average Bonchev–Trinajstić information content (AvgIpc) is 2.99. The minimum absolute atomic E-state index is 0.344. The van der Waals surface area contributed by atoms with Crippen LogP contribution in [-0.4, -0.2) is 29.3 Å². The van der Waals surface area contributed by atoms with E-state index in [0.717, 1.165) is 28.8 Å². The van der Waals surface area contributed by atoms with Crippen molar-refractivity contribution in [2.45, 2.75) is 20.3 Å². The number of hydrogen-bond donors (Lipinski definition) is 1. The standard InChI is InChI=1S/C21H22N2O4S/c1-14(2)13-27-19-5-3-4-16(22-19)10-11-26-17-8-6-15(7-9-17)12-18-20(24)23-21(25)28-18/h3-9,12,14H,10-11,13H2,1-2H3,(H,23,24,25). The van der Waals surface area contributed by atoms with Crippen molar-refractivity contribution in [2.24, 2.45) is 5.92 Å². The Hall–Kier alpha value is -2.80. The molecule has 1 fully saturated rings. The van der Waals surface area contributed by atoms with Crippen molar-refractivity contribution < 1.29 is 19.1 Å². The van der Waals surface area contributed by atoms with Crippen LogP contribution in [0, 0.1) is 5.92 Å². The van der Waals surface area contributed by atoms with E-state index < -0.39 is 0 Å². The number of ether oxygens (including phenoxy) is 2. The lowest BCUT2D eigenvalue weighted by Gasteiger charge is -2.09. The molecule has 0 spiro atoms. The van der Waals surface area contributed by atoms with Crippen LogP contribution in [0.4, 0.5) is 4.79 Å². The smallest absolute Gasteiger partial charge is 0.290 e. The first-order valence-electron chi connectivity index (χ1n) is 9.06. The van der Waals surface area contributed by atoms with Crippen molar-refractivity contribution >= 4 is 29.0 Å². The fourth-order valence-electron chi connectivity index (χ4n) is 2.44. The number of pyridine rings is 1. The molecule has 2 heterocycles. The van der Waals surface area contributed by atoms with E-state index >= 15 is 0 Å². The maximum atomic E-state index is 11.6. The summed E-state index contributed by atoms with van der Waals surface area (Å²) in [5.41, 5.74) is 1.74. The van der Waals surface area contributed by atoms with Crippen molar-refractivity contribution in [3.8, 4) is 11.6 Å². The Morgan fingerprint density at radius 2 is 1.89 bits per heavy atom. The third-order valence-corrected chi connectivity index (χ3v) is 4.60. The van der Waals surface area contributed by atoms with Gasteiger partial charge >= 0.3 is 0 Å². The molecule has 0 unspecified atom stereocenters. The number of hydrogen-bond acceptors (Lipinski definition) is 6. The van der Waals surface area contributed by atoms with E-state index in [0.29, 0.717) is 36.3 Å². The number of benzene rings is 1. The highest BCUT2D eigenvalue weighted by atomic mass is 32.2. The molecule has 7 heteroatoms. The Bertz CT molecular complexity index is 878. The third kappa shape index (κ3) is 5.85. The molecule has 3 rings (SSSR count). The summed E-state index contributed by atoms with van der Waals surface area (Å²) in [7, 11) is 0. The Morgan fingerprint density at radius 1 is 1.11 bits per heavy atom. The summed E-state index contributed by atoms with van der Waals surface area (Å²) in [5, 5.41) is 1.89. The molecule has 1 aliphatic heterocycles. The molecule has 1 N–H and O–H groups in total. The van der Waals surface area contributed by atoms with Crippen LogP contribution in [0.2, 0.25) is 0 Å². The molecule has 6 nitrogen and oxygen atoms in total. The summed E-state index contributed by atoms with van der Waals surface area (Å²) in [6.07, 6.45) is 2.35. The minimum Gasteiger partial charge on any atom is -0.493 e. The Morgan fingerprint density at radius 3 is 2.57 bits per heavy atom. The Kier molecular flexibility index (Phi) is 6.71. The van der Waals surface area contributed by atoms with Crippen molar-refractivity contribution in [1.29, 1.82) is 0 Å². The number of carbonyl (C=O) groups excluding carboxylic acids is 2. The summed E-state index contributed by atoms with van der Waals surface area (Å²) in [6, 6.07) is 13.1. The minimum atomic E-state index is -0.359. The van der Waals surface area contributed by atoms with Gasteiger partial charge in [0.2, 0.25) is 5.88 Å². The highest BCUT2D eigenvalue weighted by molar-refractivity contribution is 8.18. The van der Waals surface area contributed by atoms with Gasteiger partial charge in [0.1, 0.15) is 5.75 Å². The number of nitrogens with one attached hydrogen (secondary N) is 1. The molecule has 1 saturated heterocycles. The Labute approximate surface area is 168 Å². The van der Waals surface area contributed by atoms with Crippen LogP contribution in [0.25, 0.3) is 6.08 Å². The molecule has 1 aromatic carbocycles. The van der Waals surface area contributed by atoms with E-state index in [1.165, 1.54) is 0 Å². The van der Waals surface area contributed by atoms with Crippen molar-refractivity contribution in [3.63, 3.8) is 0 Å². The van der Waals surface area contributed by atoms with Gasteiger partial charge in [0.15, 0.2) is 0 Å². The van der Waals surface area contributed by atoms with E-state index in [2.05, 4.69) is 24.1 Å². The molecule has 1 aromatic heterocycles. The second-order valence-electron chi connectivity index (χ2n) is 6.69. The van der Waals surface area contributed by atoms with E-state index in [1.54, 1.807) is 6.08 Å². The molecule has 0 radical (unpaired) electrons. The molecular formula is C21H22N2O4S. The second-order valence-corrected chi connectivity index (χ2v) is 7.71. The van der Waals surface area contributed by atoms with Gasteiger partial charge in [0.25, 0.3) is 11.1 Å². The number of nitrogens with zero attached hydrogens (tertiary/aromatic N) is 1. The van der Waals surface area contributed by atoms with Crippen molar-refractivity contribution in [2.75, 3.05) is 13.2 Å². The van der Waals surface area contributed by atoms with Crippen molar-refractivity contribution in [3.05, 3.63) is 58.6 Å². The number of carbonyl (C=O) groups is 2. The molecule has 1 aliphatic rings. The zero-order chi connectivity index (χ0) is 19.9. The normalized spacial score (nSPS) is 15.2. The van der Waals surface area contributed by atoms with Crippen LogP contribution >= 0.6 is 11.8 Å². The van der Waals surface area contributed by atoms with E-state index in [-0.39, 0.29) is 11.1 Å². The van der Waals surface area contributed by atoms with Crippen LogP contribution in [0.5, 0.6) is 11.6 Å². The molecule has 2 amide bonds. The van der Waals surface area contributed by atoms with Gasteiger partial charge < -0.3 is 9.47 Å². The molecule has 146 valence electrons. The summed E-state index contributed by atoms with van der Waals surface area (Å²) in [4.78, 5) is 27.6. The zero-order valence-corrected chi connectivity index (χ0v) is 16.6. The largest absolute Gasteiger partial charge is 0.493 e. The van der Waals surface area contributed by atoms with E-state index in [4.69, 9.17) is 9.47 Å². The number of rotatable bonds is 8. The molecule has 0 atom stereocenters. The monoisotopic (exact) mass is 398 g/mol. The summed E-state index contributed by atoms with van der Waals surface area (Å²) < 4.78 is 11.4. The SMILES string of the molecule is CC(C)COc1cccc(CCOc2ccc(C=C3SC(=O)NC3=O)cc2)n1. The predicted octanol–water partition coefficient (Wildman–Crippen LogP) is 4.06. The van der Waals surface area contributed by atoms with Gasteiger partial charge in [-0.25, -0.2) is 4.98 Å². The molecule has 2 aromatic rings. The highest BCUT2D eigenvalue weighted by Gasteiger charge is 2.24.